The van der Waals surface area contributed by atoms with Crippen LogP contribution in [0.5, 0.6) is 5.75 Å². The highest BCUT2D eigenvalue weighted by molar-refractivity contribution is 7.87. The molecule has 0 saturated heterocycles. The average molecular weight is 347 g/mol. The SMILES string of the molecule is CCC(C)(C)C(=O)Nc1ccccc1S(=O)(=O)Oc1ccccc1. The number of amides is 1. The lowest BCUT2D eigenvalue weighted by Crippen LogP contribution is -2.30. The number of carbonyl (C=O) groups is 1. The fraction of sp³-hybridized carbons (Fsp3) is 0.278. The molecule has 1 N–H and O–H groups in total. The first-order chi connectivity index (χ1) is 11.3. The largest absolute Gasteiger partial charge is 0.379 e. The minimum atomic E-state index is -4.06. The van der Waals surface area contributed by atoms with E-state index in [1.807, 2.05) is 6.92 Å². The normalized spacial score (nSPS) is 11.8. The predicted molar refractivity (Wildman–Crippen MR) is 93.4 cm³/mol. The number of carbonyl (C=O) groups excluding carboxylic acids is 1. The Labute approximate surface area is 142 Å². The van der Waals surface area contributed by atoms with Crippen LogP contribution in [0, 0.1) is 5.41 Å². The van der Waals surface area contributed by atoms with Crippen molar-refractivity contribution in [3.63, 3.8) is 0 Å². The molecule has 0 fully saturated rings. The molecule has 6 heteroatoms. The lowest BCUT2D eigenvalue weighted by Gasteiger charge is -2.22. The van der Waals surface area contributed by atoms with E-state index in [-0.39, 0.29) is 22.2 Å². The molecular formula is C18H21NO4S. The molecule has 2 aromatic rings. The molecule has 0 atom stereocenters. The van der Waals surface area contributed by atoms with E-state index in [1.165, 1.54) is 6.07 Å². The summed E-state index contributed by atoms with van der Waals surface area (Å²) in [6.45, 7) is 5.51. The smallest absolute Gasteiger partial charge is 0.341 e. The molecule has 0 aliphatic heterocycles. The molecule has 1 amide bonds. The number of nitrogens with one attached hydrogen (secondary N) is 1. The summed E-state index contributed by atoms with van der Waals surface area (Å²) in [5, 5.41) is 2.70. The number of rotatable bonds is 6. The van der Waals surface area contributed by atoms with Gasteiger partial charge in [-0.1, -0.05) is 51.1 Å². The highest BCUT2D eigenvalue weighted by Gasteiger charge is 2.28. The van der Waals surface area contributed by atoms with Crippen molar-refractivity contribution >= 4 is 21.7 Å². The van der Waals surface area contributed by atoms with E-state index >= 15 is 0 Å². The molecule has 2 aromatic carbocycles. The minimum absolute atomic E-state index is 0.0749. The van der Waals surface area contributed by atoms with Gasteiger partial charge in [0.15, 0.2) is 0 Å². The van der Waals surface area contributed by atoms with Gasteiger partial charge in [-0.25, -0.2) is 0 Å². The standard InChI is InChI=1S/C18H21NO4S/c1-4-18(2,3)17(20)19-15-12-8-9-13-16(15)24(21,22)23-14-10-6-5-7-11-14/h5-13H,4H2,1-3H3,(H,19,20). The van der Waals surface area contributed by atoms with Crippen LogP contribution in [0.3, 0.4) is 0 Å². The summed E-state index contributed by atoms with van der Waals surface area (Å²) in [5.41, 5.74) is -0.392. The van der Waals surface area contributed by atoms with E-state index in [1.54, 1.807) is 62.4 Å². The van der Waals surface area contributed by atoms with Crippen LogP contribution in [0.2, 0.25) is 0 Å². The maximum Gasteiger partial charge on any atom is 0.341 e. The lowest BCUT2D eigenvalue weighted by molar-refractivity contribution is -0.124. The van der Waals surface area contributed by atoms with Gasteiger partial charge in [0.1, 0.15) is 10.6 Å². The van der Waals surface area contributed by atoms with E-state index in [0.29, 0.717) is 6.42 Å². The third-order valence-electron chi connectivity index (χ3n) is 3.85. The zero-order chi connectivity index (χ0) is 17.8. The van der Waals surface area contributed by atoms with Crippen LogP contribution in [0.4, 0.5) is 5.69 Å². The third kappa shape index (κ3) is 4.14. The Bertz CT molecular complexity index is 814. The van der Waals surface area contributed by atoms with Gasteiger partial charge >= 0.3 is 10.1 Å². The number of hydrogen-bond donors (Lipinski definition) is 1. The van der Waals surface area contributed by atoms with Gasteiger partial charge in [0.25, 0.3) is 0 Å². The van der Waals surface area contributed by atoms with Crippen LogP contribution in [-0.4, -0.2) is 14.3 Å². The Kier molecular flexibility index (Phi) is 5.29. The molecule has 0 aliphatic carbocycles. The highest BCUT2D eigenvalue weighted by Crippen LogP contribution is 2.28. The molecule has 24 heavy (non-hydrogen) atoms. The van der Waals surface area contributed by atoms with E-state index in [0.717, 1.165) is 0 Å². The first-order valence-corrected chi connectivity index (χ1v) is 9.07. The van der Waals surface area contributed by atoms with E-state index in [2.05, 4.69) is 5.32 Å². The van der Waals surface area contributed by atoms with Crippen molar-refractivity contribution in [1.82, 2.24) is 0 Å². The molecule has 0 aromatic heterocycles. The van der Waals surface area contributed by atoms with Crippen molar-refractivity contribution in [3.05, 3.63) is 54.6 Å². The summed E-state index contributed by atoms with van der Waals surface area (Å²) in [4.78, 5) is 12.3. The number of para-hydroxylation sites is 2. The molecule has 5 nitrogen and oxygen atoms in total. The van der Waals surface area contributed by atoms with Crippen molar-refractivity contribution in [2.24, 2.45) is 5.41 Å². The van der Waals surface area contributed by atoms with Gasteiger partial charge in [0.05, 0.1) is 5.69 Å². The molecule has 128 valence electrons. The second-order valence-electron chi connectivity index (χ2n) is 6.04. The van der Waals surface area contributed by atoms with Crippen molar-refractivity contribution in [1.29, 1.82) is 0 Å². The molecule has 0 spiro atoms. The monoisotopic (exact) mass is 347 g/mol. The Balaban J connectivity index is 2.33. The fourth-order valence-corrected chi connectivity index (χ4v) is 2.98. The Morgan fingerprint density at radius 2 is 1.62 bits per heavy atom. The van der Waals surface area contributed by atoms with Crippen LogP contribution in [0.1, 0.15) is 27.2 Å². The second-order valence-corrected chi connectivity index (χ2v) is 7.55. The molecule has 0 unspecified atom stereocenters. The van der Waals surface area contributed by atoms with E-state index < -0.39 is 15.5 Å². The second kappa shape index (κ2) is 7.05. The van der Waals surface area contributed by atoms with Gasteiger partial charge in [0, 0.05) is 5.41 Å². The van der Waals surface area contributed by atoms with Crippen LogP contribution in [-0.2, 0) is 14.9 Å². The molecule has 2 rings (SSSR count). The van der Waals surface area contributed by atoms with Crippen molar-refractivity contribution in [2.75, 3.05) is 5.32 Å². The number of anilines is 1. The fourth-order valence-electron chi connectivity index (χ4n) is 1.89. The lowest BCUT2D eigenvalue weighted by atomic mass is 9.89. The minimum Gasteiger partial charge on any atom is -0.379 e. The first-order valence-electron chi connectivity index (χ1n) is 7.66. The van der Waals surface area contributed by atoms with Gasteiger partial charge < -0.3 is 9.50 Å². The predicted octanol–water partition coefficient (Wildman–Crippen LogP) is 3.83. The Morgan fingerprint density at radius 1 is 1.04 bits per heavy atom. The molecule has 0 radical (unpaired) electrons. The maximum atomic E-state index is 12.5. The van der Waals surface area contributed by atoms with Crippen molar-refractivity contribution < 1.29 is 17.4 Å². The zero-order valence-electron chi connectivity index (χ0n) is 13.9. The summed E-state index contributed by atoms with van der Waals surface area (Å²) in [7, 11) is -4.06. The van der Waals surface area contributed by atoms with Crippen LogP contribution >= 0.6 is 0 Å². The summed E-state index contributed by atoms with van der Waals surface area (Å²) in [6, 6.07) is 14.4. The quantitative estimate of drug-likeness (QED) is 0.806. The molecule has 0 aliphatic rings. The summed E-state index contributed by atoms with van der Waals surface area (Å²) >= 11 is 0. The zero-order valence-corrected chi connectivity index (χ0v) is 14.8. The Hall–Kier alpha value is -2.34. The topological polar surface area (TPSA) is 72.5 Å². The Morgan fingerprint density at radius 3 is 2.25 bits per heavy atom. The van der Waals surface area contributed by atoms with Crippen LogP contribution in [0.25, 0.3) is 0 Å². The van der Waals surface area contributed by atoms with Gasteiger partial charge in [-0.3, -0.25) is 4.79 Å². The number of benzene rings is 2. The van der Waals surface area contributed by atoms with Crippen LogP contribution in [0.15, 0.2) is 59.5 Å². The van der Waals surface area contributed by atoms with E-state index in [9.17, 15) is 13.2 Å². The summed E-state index contributed by atoms with van der Waals surface area (Å²) in [6.07, 6.45) is 0.633. The van der Waals surface area contributed by atoms with Gasteiger partial charge in [-0.15, -0.1) is 0 Å². The summed E-state index contributed by atoms with van der Waals surface area (Å²) < 4.78 is 30.2. The maximum absolute atomic E-state index is 12.5. The van der Waals surface area contributed by atoms with Gasteiger partial charge in [0.2, 0.25) is 5.91 Å². The first kappa shape index (κ1) is 18.0. The van der Waals surface area contributed by atoms with E-state index in [4.69, 9.17) is 4.18 Å². The molecule has 0 heterocycles. The average Bonchev–Trinajstić information content (AvgIpc) is 2.55. The molecule has 0 saturated carbocycles. The third-order valence-corrected chi connectivity index (χ3v) is 5.16. The molecule has 0 bridgehead atoms. The summed E-state index contributed by atoms with van der Waals surface area (Å²) in [5.74, 6) is -0.0279. The number of hydrogen-bond acceptors (Lipinski definition) is 4. The highest BCUT2D eigenvalue weighted by atomic mass is 32.2. The van der Waals surface area contributed by atoms with Gasteiger partial charge in [-0.05, 0) is 30.7 Å². The van der Waals surface area contributed by atoms with Gasteiger partial charge in [-0.2, -0.15) is 8.42 Å². The van der Waals surface area contributed by atoms with Crippen molar-refractivity contribution in [3.8, 4) is 5.75 Å². The van der Waals surface area contributed by atoms with Crippen LogP contribution < -0.4 is 9.50 Å². The molecular weight excluding hydrogens is 326 g/mol. The van der Waals surface area contributed by atoms with Crippen molar-refractivity contribution in [2.45, 2.75) is 32.1 Å².